The van der Waals surface area contributed by atoms with Crippen molar-refractivity contribution in [3.8, 4) is 0 Å². The lowest BCUT2D eigenvalue weighted by atomic mass is 9.74. The molecular formula is C8H13BO2. The van der Waals surface area contributed by atoms with Gasteiger partial charge >= 0.3 is 7.12 Å². The maximum absolute atomic E-state index is 8.82. The molecule has 0 fully saturated rings. The molecule has 11 heavy (non-hydrogen) atoms. The first-order valence-electron chi connectivity index (χ1n) is 3.50. The Kier molecular flexibility index (Phi) is 4.58. The van der Waals surface area contributed by atoms with Crippen LogP contribution in [0.1, 0.15) is 13.3 Å². The Bertz CT molecular complexity index is 183. The van der Waals surface area contributed by atoms with Gasteiger partial charge in [-0.3, -0.25) is 0 Å². The molecule has 0 aliphatic heterocycles. The Balaban J connectivity index is 4.47. The predicted molar refractivity (Wildman–Crippen MR) is 47.9 cm³/mol. The van der Waals surface area contributed by atoms with E-state index in [0.717, 1.165) is 5.57 Å². The van der Waals surface area contributed by atoms with E-state index < -0.39 is 7.12 Å². The molecule has 3 heteroatoms. The van der Waals surface area contributed by atoms with Crippen LogP contribution in [0.2, 0.25) is 0 Å². The Labute approximate surface area is 67.7 Å². The molecule has 0 aliphatic rings. The first-order chi connectivity index (χ1) is 5.13. The highest BCUT2D eigenvalue weighted by Crippen LogP contribution is 2.12. The van der Waals surface area contributed by atoms with Gasteiger partial charge in [0.2, 0.25) is 0 Å². The van der Waals surface area contributed by atoms with E-state index in [1.807, 2.05) is 6.92 Å². The second-order valence-corrected chi connectivity index (χ2v) is 2.19. The van der Waals surface area contributed by atoms with Gasteiger partial charge in [-0.15, -0.1) is 0 Å². The van der Waals surface area contributed by atoms with Crippen molar-refractivity contribution in [2.45, 2.75) is 13.3 Å². The zero-order chi connectivity index (χ0) is 8.85. The fourth-order valence-corrected chi connectivity index (χ4v) is 0.718. The van der Waals surface area contributed by atoms with Gasteiger partial charge in [-0.25, -0.2) is 0 Å². The molecule has 0 aromatic heterocycles. The number of hydrogen-bond donors (Lipinski definition) is 2. The molecule has 0 aromatic rings. The zero-order valence-electron chi connectivity index (χ0n) is 6.75. The molecule has 2 nitrogen and oxygen atoms in total. The molecule has 2 N–H and O–H groups in total. The smallest absolute Gasteiger partial charge is 0.423 e. The highest BCUT2D eigenvalue weighted by molar-refractivity contribution is 6.52. The molecule has 0 atom stereocenters. The fourth-order valence-electron chi connectivity index (χ4n) is 0.718. The van der Waals surface area contributed by atoms with E-state index >= 15 is 0 Å². The lowest BCUT2D eigenvalue weighted by molar-refractivity contribution is 0.419. The molecule has 0 saturated heterocycles. The summed E-state index contributed by atoms with van der Waals surface area (Å²) >= 11 is 0. The summed E-state index contributed by atoms with van der Waals surface area (Å²) in [7, 11) is -1.44. The van der Waals surface area contributed by atoms with Gasteiger partial charge in [0.15, 0.2) is 0 Å². The van der Waals surface area contributed by atoms with Gasteiger partial charge in [-0.1, -0.05) is 37.8 Å². The van der Waals surface area contributed by atoms with Crippen LogP contribution in [-0.2, 0) is 0 Å². The van der Waals surface area contributed by atoms with Gasteiger partial charge < -0.3 is 10.0 Å². The van der Waals surface area contributed by atoms with E-state index in [0.29, 0.717) is 11.9 Å². The summed E-state index contributed by atoms with van der Waals surface area (Å²) in [5.74, 6) is 0. The zero-order valence-corrected chi connectivity index (χ0v) is 6.75. The lowest BCUT2D eigenvalue weighted by Gasteiger charge is -2.05. The quantitative estimate of drug-likeness (QED) is 0.467. The minimum Gasteiger partial charge on any atom is -0.423 e. The molecule has 0 amide bonds. The molecule has 0 aromatic carbocycles. The molecule has 0 rings (SSSR count). The van der Waals surface area contributed by atoms with Gasteiger partial charge in [0.1, 0.15) is 0 Å². The van der Waals surface area contributed by atoms with E-state index in [4.69, 9.17) is 10.0 Å². The van der Waals surface area contributed by atoms with Gasteiger partial charge in [0.25, 0.3) is 0 Å². The van der Waals surface area contributed by atoms with Gasteiger partial charge in [-0.2, -0.15) is 0 Å². The molecule has 60 valence electrons. The molecule has 0 aliphatic carbocycles. The summed E-state index contributed by atoms with van der Waals surface area (Å²) in [5.41, 5.74) is 1.16. The molecule has 0 unspecified atom stereocenters. The first-order valence-corrected chi connectivity index (χ1v) is 3.50. The van der Waals surface area contributed by atoms with Crippen LogP contribution in [0.15, 0.2) is 36.4 Å². The Morgan fingerprint density at radius 2 is 2.09 bits per heavy atom. The highest BCUT2D eigenvalue weighted by atomic mass is 16.4. The minimum absolute atomic E-state index is 0.433. The summed E-state index contributed by atoms with van der Waals surface area (Å²) in [6, 6.07) is 0. The van der Waals surface area contributed by atoms with Crippen molar-refractivity contribution in [3.05, 3.63) is 36.4 Å². The Hall–Kier alpha value is -0.795. The lowest BCUT2D eigenvalue weighted by Crippen LogP contribution is -2.16. The standard InChI is InChI=1S/C8H13BO2/c1-4-6-8(9(10)11)7(3)5-2/h4,6,10-11H,1,3,5H2,2H3/b8-6+. The van der Waals surface area contributed by atoms with Crippen molar-refractivity contribution >= 4 is 7.12 Å². The summed E-state index contributed by atoms with van der Waals surface area (Å²) in [6.45, 7) is 9.04. The molecule has 0 radical (unpaired) electrons. The molecule has 0 heterocycles. The van der Waals surface area contributed by atoms with Crippen molar-refractivity contribution in [1.29, 1.82) is 0 Å². The summed E-state index contributed by atoms with van der Waals surface area (Å²) in [5, 5.41) is 17.6. The van der Waals surface area contributed by atoms with Crippen LogP contribution in [0, 0.1) is 0 Å². The Morgan fingerprint density at radius 1 is 1.55 bits per heavy atom. The van der Waals surface area contributed by atoms with Crippen molar-refractivity contribution in [2.75, 3.05) is 0 Å². The fraction of sp³-hybridized carbons (Fsp3) is 0.250. The second-order valence-electron chi connectivity index (χ2n) is 2.19. The van der Waals surface area contributed by atoms with Crippen molar-refractivity contribution in [2.24, 2.45) is 0 Å². The molecule has 0 saturated carbocycles. The summed E-state index contributed by atoms with van der Waals surface area (Å²) in [4.78, 5) is 0. The molecule has 0 bridgehead atoms. The minimum atomic E-state index is -1.44. The van der Waals surface area contributed by atoms with Crippen LogP contribution in [0.5, 0.6) is 0 Å². The highest BCUT2D eigenvalue weighted by Gasteiger charge is 2.15. The van der Waals surface area contributed by atoms with Gasteiger partial charge in [0.05, 0.1) is 0 Å². The third-order valence-electron chi connectivity index (χ3n) is 1.41. The number of hydrogen-bond acceptors (Lipinski definition) is 2. The van der Waals surface area contributed by atoms with E-state index in [1.54, 1.807) is 6.08 Å². The maximum Gasteiger partial charge on any atom is 0.488 e. The second kappa shape index (κ2) is 4.94. The maximum atomic E-state index is 8.82. The number of allylic oxidation sites excluding steroid dienone is 4. The third-order valence-corrected chi connectivity index (χ3v) is 1.41. The first kappa shape index (κ1) is 10.2. The van der Waals surface area contributed by atoms with Crippen LogP contribution < -0.4 is 0 Å². The van der Waals surface area contributed by atoms with Gasteiger partial charge in [0, 0.05) is 0 Å². The van der Waals surface area contributed by atoms with Crippen molar-refractivity contribution in [1.82, 2.24) is 0 Å². The average Bonchev–Trinajstić information content (AvgIpc) is 1.98. The van der Waals surface area contributed by atoms with E-state index in [2.05, 4.69) is 13.2 Å². The van der Waals surface area contributed by atoms with E-state index in [-0.39, 0.29) is 0 Å². The third kappa shape index (κ3) is 3.21. The van der Waals surface area contributed by atoms with Gasteiger partial charge in [-0.05, 0) is 11.9 Å². The van der Waals surface area contributed by atoms with Crippen LogP contribution in [0.25, 0.3) is 0 Å². The molecular weight excluding hydrogens is 139 g/mol. The normalized spacial score (nSPS) is 11.0. The topological polar surface area (TPSA) is 40.5 Å². The SMILES string of the molecule is C=C/C=C(/B(O)O)C(=C)CC. The predicted octanol–water partition coefficient (Wildman–Crippen LogP) is 1.08. The number of rotatable bonds is 4. The van der Waals surface area contributed by atoms with E-state index in [9.17, 15) is 0 Å². The van der Waals surface area contributed by atoms with E-state index in [1.165, 1.54) is 6.08 Å². The van der Waals surface area contributed by atoms with Crippen molar-refractivity contribution < 1.29 is 10.0 Å². The average molecular weight is 152 g/mol. The van der Waals surface area contributed by atoms with Crippen LogP contribution in [0.3, 0.4) is 0 Å². The van der Waals surface area contributed by atoms with Crippen LogP contribution >= 0.6 is 0 Å². The van der Waals surface area contributed by atoms with Crippen LogP contribution in [0.4, 0.5) is 0 Å². The van der Waals surface area contributed by atoms with Crippen molar-refractivity contribution in [3.63, 3.8) is 0 Å². The summed E-state index contributed by atoms with van der Waals surface area (Å²) < 4.78 is 0. The largest absolute Gasteiger partial charge is 0.488 e. The Morgan fingerprint density at radius 3 is 2.36 bits per heavy atom. The summed E-state index contributed by atoms with van der Waals surface area (Å²) in [6.07, 6.45) is 3.77. The van der Waals surface area contributed by atoms with Crippen LogP contribution in [-0.4, -0.2) is 17.2 Å². The monoisotopic (exact) mass is 152 g/mol. The molecule has 0 spiro atoms.